The molecule has 6 heteroatoms. The molecule has 6 nitrogen and oxygen atoms in total. The van der Waals surface area contributed by atoms with E-state index in [2.05, 4.69) is 29.0 Å². The van der Waals surface area contributed by atoms with Gasteiger partial charge in [-0.2, -0.15) is 0 Å². The van der Waals surface area contributed by atoms with Crippen molar-refractivity contribution in [1.82, 2.24) is 15.3 Å². The summed E-state index contributed by atoms with van der Waals surface area (Å²) in [6.45, 7) is 7.11. The monoisotopic (exact) mass is 415 g/mol. The summed E-state index contributed by atoms with van der Waals surface area (Å²) >= 11 is 0. The maximum Gasteiger partial charge on any atom is 0.215 e. The fourth-order valence-electron chi connectivity index (χ4n) is 4.15. The first kappa shape index (κ1) is 21.0. The molecule has 4 rings (SSSR count). The lowest BCUT2D eigenvalue weighted by Crippen LogP contribution is -2.51. The molecule has 1 fully saturated rings. The minimum Gasteiger partial charge on any atom is -0.383 e. The van der Waals surface area contributed by atoms with E-state index in [0.717, 1.165) is 43.0 Å². The number of hydrogen-bond donors (Lipinski definition) is 2. The second-order valence-corrected chi connectivity index (χ2v) is 8.42. The van der Waals surface area contributed by atoms with E-state index in [1.165, 1.54) is 0 Å². The Morgan fingerprint density at radius 1 is 1.16 bits per heavy atom. The van der Waals surface area contributed by atoms with Gasteiger partial charge in [-0.25, -0.2) is 9.97 Å². The van der Waals surface area contributed by atoms with E-state index < -0.39 is 0 Å². The predicted octanol–water partition coefficient (Wildman–Crippen LogP) is 3.78. The third-order valence-electron chi connectivity index (χ3n) is 5.60. The molecule has 3 N–H and O–H groups in total. The molecule has 1 aliphatic rings. The van der Waals surface area contributed by atoms with Crippen LogP contribution in [0.1, 0.15) is 36.3 Å². The number of carbonyl (C=O) groups excluding carboxylic acids is 1. The topological polar surface area (TPSA) is 84.1 Å². The van der Waals surface area contributed by atoms with Crippen molar-refractivity contribution in [1.29, 1.82) is 0 Å². The highest BCUT2D eigenvalue weighted by molar-refractivity contribution is 6.14. The lowest BCUT2D eigenvalue weighted by Gasteiger charge is -2.35. The molecule has 0 amide bonds. The number of piperazine rings is 1. The Kier molecular flexibility index (Phi) is 6.28. The highest BCUT2D eigenvalue weighted by atomic mass is 16.1. The summed E-state index contributed by atoms with van der Waals surface area (Å²) in [5.74, 6) is 1.45. The van der Waals surface area contributed by atoms with Crippen molar-refractivity contribution in [2.24, 2.45) is 5.92 Å². The molecule has 1 atom stereocenters. The van der Waals surface area contributed by atoms with E-state index in [4.69, 9.17) is 10.7 Å². The number of pyridine rings is 2. The zero-order valence-corrected chi connectivity index (χ0v) is 18.1. The lowest BCUT2D eigenvalue weighted by molar-refractivity contribution is 0.103. The number of rotatable bonds is 6. The normalized spacial score (nSPS) is 16.5. The van der Waals surface area contributed by atoms with Crippen LogP contribution in [-0.4, -0.2) is 41.4 Å². The van der Waals surface area contributed by atoms with Crippen LogP contribution < -0.4 is 16.0 Å². The number of anilines is 2. The molecule has 0 spiro atoms. The van der Waals surface area contributed by atoms with Gasteiger partial charge in [-0.1, -0.05) is 44.2 Å². The maximum absolute atomic E-state index is 13.5. The van der Waals surface area contributed by atoms with E-state index in [1.54, 1.807) is 18.3 Å². The fourth-order valence-corrected chi connectivity index (χ4v) is 4.15. The Hall–Kier alpha value is -3.25. The summed E-state index contributed by atoms with van der Waals surface area (Å²) in [5, 5.41) is 3.60. The minimum absolute atomic E-state index is 0.208. The number of nitrogens with zero attached hydrogens (tertiary/aromatic N) is 3. The quantitative estimate of drug-likeness (QED) is 0.596. The van der Waals surface area contributed by atoms with Crippen LogP contribution >= 0.6 is 0 Å². The van der Waals surface area contributed by atoms with Crippen molar-refractivity contribution in [3.05, 3.63) is 72.1 Å². The predicted molar refractivity (Wildman–Crippen MR) is 125 cm³/mol. The van der Waals surface area contributed by atoms with Crippen molar-refractivity contribution < 1.29 is 4.79 Å². The molecule has 31 heavy (non-hydrogen) atoms. The van der Waals surface area contributed by atoms with Crippen LogP contribution in [0, 0.1) is 5.92 Å². The van der Waals surface area contributed by atoms with Crippen molar-refractivity contribution in [2.45, 2.75) is 26.3 Å². The molecule has 3 aromatic rings. The number of benzene rings is 1. The fraction of sp³-hybridized carbons (Fsp3) is 0.320. The molecule has 0 bridgehead atoms. The Balaban J connectivity index is 1.74. The lowest BCUT2D eigenvalue weighted by atomic mass is 9.98. The number of carbonyl (C=O) groups is 1. The first-order chi connectivity index (χ1) is 15.0. The minimum atomic E-state index is -0.208. The number of ketones is 1. The molecule has 160 valence electrons. The molecule has 1 aromatic carbocycles. The second-order valence-electron chi connectivity index (χ2n) is 8.42. The third kappa shape index (κ3) is 4.75. The maximum atomic E-state index is 13.5. The SMILES string of the molecule is CC(C)C[C@H]1CN(c2ccc(-c3ccccc3)c(C(=O)c3cccnc3N)n2)CCN1. The smallest absolute Gasteiger partial charge is 0.215 e. The van der Waals surface area contributed by atoms with Gasteiger partial charge in [0.1, 0.15) is 17.3 Å². The highest BCUT2D eigenvalue weighted by Crippen LogP contribution is 2.28. The van der Waals surface area contributed by atoms with Gasteiger partial charge in [-0.05, 0) is 42.2 Å². The molecule has 3 heterocycles. The second kappa shape index (κ2) is 9.27. The number of nitrogens with one attached hydrogen (secondary N) is 1. The van der Waals surface area contributed by atoms with Crippen LogP contribution in [0.5, 0.6) is 0 Å². The van der Waals surface area contributed by atoms with E-state index in [1.807, 2.05) is 42.5 Å². The van der Waals surface area contributed by atoms with Crippen LogP contribution in [0.3, 0.4) is 0 Å². The summed E-state index contributed by atoms with van der Waals surface area (Å²) in [7, 11) is 0. The van der Waals surface area contributed by atoms with Gasteiger partial charge in [0.2, 0.25) is 5.78 Å². The van der Waals surface area contributed by atoms with Gasteiger partial charge >= 0.3 is 0 Å². The Morgan fingerprint density at radius 2 is 1.97 bits per heavy atom. The average Bonchev–Trinajstić information content (AvgIpc) is 2.79. The molecule has 0 unspecified atom stereocenters. The van der Waals surface area contributed by atoms with E-state index in [9.17, 15) is 4.79 Å². The first-order valence-electron chi connectivity index (χ1n) is 10.8. The van der Waals surface area contributed by atoms with Crippen LogP contribution in [0.15, 0.2) is 60.8 Å². The van der Waals surface area contributed by atoms with Crippen molar-refractivity contribution in [3.63, 3.8) is 0 Å². The van der Waals surface area contributed by atoms with Crippen molar-refractivity contribution in [3.8, 4) is 11.1 Å². The molecule has 0 aliphatic carbocycles. The number of aromatic nitrogens is 2. The summed E-state index contributed by atoms with van der Waals surface area (Å²) in [6.07, 6.45) is 2.69. The Bertz CT molecular complexity index is 1050. The average molecular weight is 416 g/mol. The van der Waals surface area contributed by atoms with Crippen LogP contribution in [0.25, 0.3) is 11.1 Å². The summed E-state index contributed by atoms with van der Waals surface area (Å²) in [6, 6.07) is 17.7. The number of nitrogen functional groups attached to an aromatic ring is 1. The van der Waals surface area contributed by atoms with Gasteiger partial charge < -0.3 is 16.0 Å². The standard InChI is InChI=1S/C25H29N5O/c1-17(2)15-19-16-30(14-13-27-19)22-11-10-20(18-7-4-3-5-8-18)23(29-22)24(31)21-9-6-12-28-25(21)26/h3-12,17,19,27H,13-16H2,1-2H3,(H2,26,28)/t19-/m0/s1. The van der Waals surface area contributed by atoms with Crippen molar-refractivity contribution >= 4 is 17.4 Å². The van der Waals surface area contributed by atoms with E-state index in [-0.39, 0.29) is 11.6 Å². The number of nitrogens with two attached hydrogens (primary N) is 1. The first-order valence-corrected chi connectivity index (χ1v) is 10.8. The Labute approximate surface area is 183 Å². The zero-order valence-electron chi connectivity index (χ0n) is 18.1. The molecular weight excluding hydrogens is 386 g/mol. The van der Waals surface area contributed by atoms with Crippen LogP contribution in [-0.2, 0) is 0 Å². The molecule has 0 saturated carbocycles. The van der Waals surface area contributed by atoms with Gasteiger partial charge in [0.25, 0.3) is 0 Å². The highest BCUT2D eigenvalue weighted by Gasteiger charge is 2.24. The van der Waals surface area contributed by atoms with Gasteiger partial charge in [-0.3, -0.25) is 4.79 Å². The van der Waals surface area contributed by atoms with Crippen molar-refractivity contribution in [2.75, 3.05) is 30.3 Å². The van der Waals surface area contributed by atoms with E-state index in [0.29, 0.717) is 23.2 Å². The number of hydrogen-bond acceptors (Lipinski definition) is 6. The van der Waals surface area contributed by atoms with E-state index >= 15 is 0 Å². The van der Waals surface area contributed by atoms with Gasteiger partial charge in [0.05, 0.1) is 5.56 Å². The largest absolute Gasteiger partial charge is 0.383 e. The summed E-state index contributed by atoms with van der Waals surface area (Å²) in [4.78, 5) is 24.7. The summed E-state index contributed by atoms with van der Waals surface area (Å²) < 4.78 is 0. The zero-order chi connectivity index (χ0) is 21.8. The molecule has 2 aromatic heterocycles. The van der Waals surface area contributed by atoms with Gasteiger partial charge in [0, 0.05) is 37.4 Å². The van der Waals surface area contributed by atoms with Crippen LogP contribution in [0.4, 0.5) is 11.6 Å². The molecule has 1 saturated heterocycles. The molecule has 1 aliphatic heterocycles. The van der Waals surface area contributed by atoms with Crippen LogP contribution in [0.2, 0.25) is 0 Å². The molecular formula is C25H29N5O. The van der Waals surface area contributed by atoms with Gasteiger partial charge in [-0.15, -0.1) is 0 Å². The van der Waals surface area contributed by atoms with Gasteiger partial charge in [0.15, 0.2) is 0 Å². The Morgan fingerprint density at radius 3 is 2.71 bits per heavy atom. The molecule has 0 radical (unpaired) electrons. The third-order valence-corrected chi connectivity index (χ3v) is 5.60. The summed E-state index contributed by atoms with van der Waals surface area (Å²) in [5.41, 5.74) is 8.54.